The fourth-order valence-corrected chi connectivity index (χ4v) is 3.51. The first-order valence-corrected chi connectivity index (χ1v) is 6.56. The Kier molecular flexibility index (Phi) is 2.02. The molecule has 3 nitrogen and oxygen atoms in total. The van der Waals surface area contributed by atoms with Crippen molar-refractivity contribution in [1.82, 2.24) is 5.32 Å². The standard InChI is InChI=1S/C14H18N2O/c1-2-10-7-15-8-12(10)13(3-1)16-14-5-4-11(6-14)17-9-14/h1-3,11,15-16H,4-9H2. The molecule has 1 aliphatic carbocycles. The summed E-state index contributed by atoms with van der Waals surface area (Å²) in [6.45, 7) is 2.89. The van der Waals surface area contributed by atoms with Gasteiger partial charge in [0.2, 0.25) is 0 Å². The van der Waals surface area contributed by atoms with Crippen LogP contribution in [0.4, 0.5) is 5.69 Å². The maximum Gasteiger partial charge on any atom is 0.0701 e. The maximum atomic E-state index is 5.77. The summed E-state index contributed by atoms with van der Waals surface area (Å²) in [5.74, 6) is 0. The maximum absolute atomic E-state index is 5.77. The van der Waals surface area contributed by atoms with Crippen molar-refractivity contribution in [3.63, 3.8) is 0 Å². The van der Waals surface area contributed by atoms with Crippen molar-refractivity contribution in [2.75, 3.05) is 11.9 Å². The molecule has 4 rings (SSSR count). The van der Waals surface area contributed by atoms with Crippen LogP contribution in [0.3, 0.4) is 0 Å². The van der Waals surface area contributed by atoms with E-state index in [2.05, 4.69) is 28.8 Å². The number of nitrogens with one attached hydrogen (secondary N) is 2. The largest absolute Gasteiger partial charge is 0.377 e. The van der Waals surface area contributed by atoms with Crippen LogP contribution in [0.1, 0.15) is 30.4 Å². The Morgan fingerprint density at radius 3 is 3.12 bits per heavy atom. The molecule has 1 aromatic rings. The van der Waals surface area contributed by atoms with Crippen LogP contribution in [0.15, 0.2) is 18.2 Å². The molecule has 0 radical (unpaired) electrons. The van der Waals surface area contributed by atoms with Crippen molar-refractivity contribution in [2.45, 2.75) is 44.0 Å². The lowest BCUT2D eigenvalue weighted by Crippen LogP contribution is -2.37. The van der Waals surface area contributed by atoms with Crippen molar-refractivity contribution in [3.8, 4) is 0 Å². The van der Waals surface area contributed by atoms with E-state index >= 15 is 0 Å². The summed E-state index contributed by atoms with van der Waals surface area (Å²) < 4.78 is 5.77. The van der Waals surface area contributed by atoms with Crippen molar-refractivity contribution in [1.29, 1.82) is 0 Å². The summed E-state index contributed by atoms with van der Waals surface area (Å²) in [5, 5.41) is 7.20. The van der Waals surface area contributed by atoms with Crippen LogP contribution >= 0.6 is 0 Å². The molecule has 0 aromatic heterocycles. The van der Waals surface area contributed by atoms with Crippen LogP contribution in [0.25, 0.3) is 0 Å². The highest BCUT2D eigenvalue weighted by Crippen LogP contribution is 2.42. The second kappa shape index (κ2) is 3.47. The van der Waals surface area contributed by atoms with Crippen LogP contribution in [0.2, 0.25) is 0 Å². The SMILES string of the molecule is c1cc2c(c(NC34CCC(C3)OC4)c1)CNC2. The second-order valence-electron chi connectivity index (χ2n) is 5.63. The summed E-state index contributed by atoms with van der Waals surface area (Å²) in [7, 11) is 0. The fourth-order valence-electron chi connectivity index (χ4n) is 3.51. The smallest absolute Gasteiger partial charge is 0.0701 e. The van der Waals surface area contributed by atoms with Crippen molar-refractivity contribution < 1.29 is 4.74 Å². The summed E-state index contributed by atoms with van der Waals surface area (Å²) in [6, 6.07) is 6.60. The molecule has 0 spiro atoms. The zero-order valence-corrected chi connectivity index (χ0v) is 9.96. The van der Waals surface area contributed by atoms with E-state index in [-0.39, 0.29) is 5.54 Å². The number of hydrogen-bond donors (Lipinski definition) is 2. The number of anilines is 1. The van der Waals surface area contributed by atoms with E-state index in [1.54, 1.807) is 0 Å². The van der Waals surface area contributed by atoms with E-state index in [0.29, 0.717) is 6.10 Å². The van der Waals surface area contributed by atoms with E-state index in [0.717, 1.165) is 19.7 Å². The Morgan fingerprint density at radius 1 is 1.35 bits per heavy atom. The predicted octanol–water partition coefficient (Wildman–Crippen LogP) is 2.02. The third-order valence-corrected chi connectivity index (χ3v) is 4.45. The number of hydrogen-bond acceptors (Lipinski definition) is 3. The summed E-state index contributed by atoms with van der Waals surface area (Å²) >= 11 is 0. The molecule has 2 N–H and O–H groups in total. The molecule has 2 unspecified atom stereocenters. The third-order valence-electron chi connectivity index (χ3n) is 4.45. The lowest BCUT2D eigenvalue weighted by molar-refractivity contribution is 0.0745. The molecule has 17 heavy (non-hydrogen) atoms. The first-order valence-electron chi connectivity index (χ1n) is 6.56. The van der Waals surface area contributed by atoms with Crippen LogP contribution in [0, 0.1) is 0 Å². The van der Waals surface area contributed by atoms with Gasteiger partial charge in [0.15, 0.2) is 0 Å². The quantitative estimate of drug-likeness (QED) is 0.815. The topological polar surface area (TPSA) is 33.3 Å². The number of ether oxygens (including phenoxy) is 1. The average molecular weight is 230 g/mol. The second-order valence-corrected chi connectivity index (χ2v) is 5.63. The number of benzene rings is 1. The Labute approximate surface area is 102 Å². The van der Waals surface area contributed by atoms with Gasteiger partial charge in [-0.2, -0.15) is 0 Å². The van der Waals surface area contributed by atoms with Gasteiger partial charge in [0, 0.05) is 18.8 Å². The van der Waals surface area contributed by atoms with Gasteiger partial charge in [-0.3, -0.25) is 0 Å². The molecule has 2 fully saturated rings. The Bertz CT molecular complexity index is 450. The predicted molar refractivity (Wildman–Crippen MR) is 66.9 cm³/mol. The van der Waals surface area contributed by atoms with E-state index in [9.17, 15) is 0 Å². The molecule has 1 saturated carbocycles. The fraction of sp³-hybridized carbons (Fsp3) is 0.571. The lowest BCUT2D eigenvalue weighted by atomic mass is 9.98. The van der Waals surface area contributed by atoms with Gasteiger partial charge >= 0.3 is 0 Å². The molecule has 2 bridgehead atoms. The van der Waals surface area contributed by atoms with Gasteiger partial charge in [-0.25, -0.2) is 0 Å². The van der Waals surface area contributed by atoms with Gasteiger partial charge in [-0.05, 0) is 36.5 Å². The highest BCUT2D eigenvalue weighted by molar-refractivity contribution is 5.58. The molecule has 1 saturated heterocycles. The van der Waals surface area contributed by atoms with E-state index in [1.807, 2.05) is 0 Å². The molecule has 2 atom stereocenters. The molecule has 2 heterocycles. The Morgan fingerprint density at radius 2 is 2.35 bits per heavy atom. The zero-order valence-electron chi connectivity index (χ0n) is 9.96. The Balaban J connectivity index is 1.66. The first-order chi connectivity index (χ1) is 8.35. The summed E-state index contributed by atoms with van der Waals surface area (Å²) in [6.07, 6.45) is 4.18. The molecule has 3 aliphatic rings. The monoisotopic (exact) mass is 230 g/mol. The van der Waals surface area contributed by atoms with Gasteiger partial charge in [0.05, 0.1) is 18.2 Å². The van der Waals surface area contributed by atoms with Gasteiger partial charge in [0.1, 0.15) is 0 Å². The van der Waals surface area contributed by atoms with Crippen molar-refractivity contribution >= 4 is 5.69 Å². The minimum absolute atomic E-state index is 0.225. The lowest BCUT2D eigenvalue weighted by Gasteiger charge is -2.29. The van der Waals surface area contributed by atoms with Crippen LogP contribution in [-0.4, -0.2) is 18.2 Å². The van der Waals surface area contributed by atoms with Gasteiger partial charge in [0.25, 0.3) is 0 Å². The minimum Gasteiger partial charge on any atom is -0.377 e. The van der Waals surface area contributed by atoms with E-state index < -0.39 is 0 Å². The molecule has 0 amide bonds. The number of rotatable bonds is 2. The highest BCUT2D eigenvalue weighted by Gasteiger charge is 2.46. The van der Waals surface area contributed by atoms with Gasteiger partial charge in [-0.15, -0.1) is 0 Å². The van der Waals surface area contributed by atoms with E-state index in [4.69, 9.17) is 4.74 Å². The zero-order chi connectivity index (χ0) is 11.3. The molecule has 90 valence electrons. The van der Waals surface area contributed by atoms with Crippen LogP contribution in [-0.2, 0) is 17.8 Å². The summed E-state index contributed by atoms with van der Waals surface area (Å²) in [4.78, 5) is 0. The van der Waals surface area contributed by atoms with E-state index in [1.165, 1.54) is 36.1 Å². The van der Waals surface area contributed by atoms with Gasteiger partial charge in [-0.1, -0.05) is 12.1 Å². The molecule has 3 heteroatoms. The highest BCUT2D eigenvalue weighted by atomic mass is 16.5. The normalized spacial score (nSPS) is 34.0. The Hall–Kier alpha value is -1.06. The molecule has 2 aliphatic heterocycles. The average Bonchev–Trinajstić information content (AvgIpc) is 3.03. The molecular formula is C14H18N2O. The third kappa shape index (κ3) is 1.49. The number of fused-ring (bicyclic) bond motifs is 3. The first kappa shape index (κ1) is 9.92. The van der Waals surface area contributed by atoms with Crippen molar-refractivity contribution in [3.05, 3.63) is 29.3 Å². The van der Waals surface area contributed by atoms with Crippen molar-refractivity contribution in [2.24, 2.45) is 0 Å². The van der Waals surface area contributed by atoms with Crippen LogP contribution in [0.5, 0.6) is 0 Å². The minimum atomic E-state index is 0.225. The molecule has 1 aromatic carbocycles. The van der Waals surface area contributed by atoms with Gasteiger partial charge < -0.3 is 15.4 Å². The van der Waals surface area contributed by atoms with Crippen LogP contribution < -0.4 is 10.6 Å². The summed E-state index contributed by atoms with van der Waals surface area (Å²) in [5.41, 5.74) is 4.44. The molecular weight excluding hydrogens is 212 g/mol.